The molecule has 0 N–H and O–H groups in total. The first kappa shape index (κ1) is 20.8. The van der Waals surface area contributed by atoms with E-state index in [4.69, 9.17) is 0 Å². The molecule has 2 nitrogen and oxygen atoms in total. The van der Waals surface area contributed by atoms with Gasteiger partial charge in [0.25, 0.3) is 0 Å². The summed E-state index contributed by atoms with van der Waals surface area (Å²) in [6.07, 6.45) is 10.3. The number of anilines is 1. The standard InChI is InChI=1S/C25H30IN2/c1-3-27(4-2)24-14-7-5-12-22(24)17-20-28-19-16-21(11-9-10-18-26)23-13-6-8-15-25(23)28/h5-8,12-17,19-20H,3-4,9-11,18H2,1-2H3/q+1/b20-17+. The van der Waals surface area contributed by atoms with E-state index >= 15 is 0 Å². The van der Waals surface area contributed by atoms with Gasteiger partial charge in [0, 0.05) is 42.5 Å². The first-order chi connectivity index (χ1) is 13.8. The number of hydrogen-bond acceptors (Lipinski definition) is 1. The fourth-order valence-corrected chi connectivity index (χ4v) is 4.25. The zero-order valence-corrected chi connectivity index (χ0v) is 19.1. The van der Waals surface area contributed by atoms with Crippen molar-refractivity contribution in [2.24, 2.45) is 0 Å². The molecule has 1 aromatic heterocycles. The van der Waals surface area contributed by atoms with E-state index in [0.717, 1.165) is 19.5 Å². The minimum absolute atomic E-state index is 1.02. The van der Waals surface area contributed by atoms with E-state index in [9.17, 15) is 0 Å². The normalized spacial score (nSPS) is 11.4. The van der Waals surface area contributed by atoms with Gasteiger partial charge in [-0.15, -0.1) is 0 Å². The van der Waals surface area contributed by atoms with Gasteiger partial charge in [0.1, 0.15) is 0 Å². The van der Waals surface area contributed by atoms with E-state index in [0.29, 0.717) is 0 Å². The summed E-state index contributed by atoms with van der Waals surface area (Å²) in [5.74, 6) is 0. The van der Waals surface area contributed by atoms with Crippen LogP contribution in [0.25, 0.3) is 23.2 Å². The van der Waals surface area contributed by atoms with Crippen molar-refractivity contribution in [3.05, 3.63) is 71.9 Å². The number of halogens is 1. The van der Waals surface area contributed by atoms with Crippen molar-refractivity contribution in [3.8, 4) is 0 Å². The summed E-state index contributed by atoms with van der Waals surface area (Å²) in [5.41, 5.74) is 5.28. The summed E-state index contributed by atoms with van der Waals surface area (Å²) in [4.78, 5) is 2.40. The third-order valence-corrected chi connectivity index (χ3v) is 6.01. The zero-order valence-electron chi connectivity index (χ0n) is 16.9. The zero-order chi connectivity index (χ0) is 19.8. The van der Waals surface area contributed by atoms with Crippen LogP contribution in [0.4, 0.5) is 5.69 Å². The Hall–Kier alpha value is -1.88. The maximum Gasteiger partial charge on any atom is 0.218 e. The van der Waals surface area contributed by atoms with Gasteiger partial charge in [-0.1, -0.05) is 52.9 Å². The number of alkyl halides is 1. The van der Waals surface area contributed by atoms with E-state index in [1.807, 2.05) is 0 Å². The van der Waals surface area contributed by atoms with Gasteiger partial charge in [0.15, 0.2) is 12.4 Å². The Kier molecular flexibility index (Phi) is 7.90. The average molecular weight is 485 g/mol. The highest BCUT2D eigenvalue weighted by Crippen LogP contribution is 2.22. The van der Waals surface area contributed by atoms with E-state index in [2.05, 4.69) is 119 Å². The van der Waals surface area contributed by atoms with E-state index in [1.54, 1.807) is 0 Å². The number of unbranched alkanes of at least 4 members (excludes halogenated alkanes) is 1. The number of aromatic nitrogens is 1. The Morgan fingerprint density at radius 2 is 1.68 bits per heavy atom. The number of fused-ring (bicyclic) bond motifs is 1. The lowest BCUT2D eigenvalue weighted by Gasteiger charge is -2.22. The Balaban J connectivity index is 1.95. The minimum atomic E-state index is 1.02. The lowest BCUT2D eigenvalue weighted by atomic mass is 10.0. The third kappa shape index (κ3) is 4.93. The van der Waals surface area contributed by atoms with Crippen molar-refractivity contribution in [2.75, 3.05) is 22.4 Å². The molecule has 0 spiro atoms. The minimum Gasteiger partial charge on any atom is -0.372 e. The van der Waals surface area contributed by atoms with Gasteiger partial charge in [-0.3, -0.25) is 0 Å². The SMILES string of the molecule is CCN(CC)c1ccccc1/C=C/[n+]1ccc(CCCCI)c2ccccc21. The van der Waals surface area contributed by atoms with Gasteiger partial charge in [0.2, 0.25) is 5.52 Å². The predicted octanol–water partition coefficient (Wildman–Crippen LogP) is 6.36. The molecular formula is C25H30IN2+. The smallest absolute Gasteiger partial charge is 0.218 e. The maximum atomic E-state index is 2.47. The van der Waals surface area contributed by atoms with Gasteiger partial charge in [-0.05, 0) is 55.2 Å². The number of rotatable bonds is 9. The fourth-order valence-electron chi connectivity index (χ4n) is 3.71. The number of para-hydroxylation sites is 2. The molecule has 0 unspecified atom stereocenters. The molecular weight excluding hydrogens is 455 g/mol. The summed E-state index contributed by atoms with van der Waals surface area (Å²) >= 11 is 2.47. The molecule has 1 heterocycles. The van der Waals surface area contributed by atoms with Crippen LogP contribution in [0.1, 0.15) is 37.8 Å². The molecule has 3 aromatic rings. The lowest BCUT2D eigenvalue weighted by molar-refractivity contribution is -0.538. The highest BCUT2D eigenvalue weighted by Gasteiger charge is 2.11. The van der Waals surface area contributed by atoms with Crippen molar-refractivity contribution in [3.63, 3.8) is 0 Å². The Bertz CT molecular complexity index is 929. The second-order valence-electron chi connectivity index (χ2n) is 6.96. The Morgan fingerprint density at radius 3 is 2.46 bits per heavy atom. The molecule has 0 radical (unpaired) electrons. The van der Waals surface area contributed by atoms with Crippen LogP contribution in [0.3, 0.4) is 0 Å². The maximum absolute atomic E-state index is 2.47. The number of nitrogens with zero attached hydrogens (tertiary/aromatic N) is 2. The number of hydrogen-bond donors (Lipinski definition) is 0. The molecule has 0 aliphatic carbocycles. The van der Waals surface area contributed by atoms with E-state index in [-0.39, 0.29) is 0 Å². The van der Waals surface area contributed by atoms with Crippen molar-refractivity contribution in [1.29, 1.82) is 0 Å². The highest BCUT2D eigenvalue weighted by molar-refractivity contribution is 14.1. The molecule has 0 atom stereocenters. The van der Waals surface area contributed by atoms with Crippen LogP contribution in [0.15, 0.2) is 60.8 Å². The van der Waals surface area contributed by atoms with Crippen LogP contribution in [0.2, 0.25) is 0 Å². The summed E-state index contributed by atoms with van der Waals surface area (Å²) in [6, 6.07) is 19.7. The van der Waals surface area contributed by atoms with Crippen molar-refractivity contribution < 1.29 is 4.57 Å². The summed E-state index contributed by atoms with van der Waals surface area (Å²) in [6.45, 7) is 6.46. The number of benzene rings is 2. The first-order valence-corrected chi connectivity index (χ1v) is 11.8. The summed E-state index contributed by atoms with van der Waals surface area (Å²) in [5, 5.41) is 1.36. The molecule has 0 amide bonds. The van der Waals surface area contributed by atoms with Gasteiger partial charge in [0.05, 0.1) is 5.39 Å². The van der Waals surface area contributed by atoms with Crippen LogP contribution < -0.4 is 9.47 Å². The van der Waals surface area contributed by atoms with Crippen LogP contribution in [0.5, 0.6) is 0 Å². The quantitative estimate of drug-likeness (QED) is 0.148. The Morgan fingerprint density at radius 1 is 0.929 bits per heavy atom. The van der Waals surface area contributed by atoms with Crippen LogP contribution in [0, 0.1) is 0 Å². The molecule has 146 valence electrons. The summed E-state index contributed by atoms with van der Waals surface area (Å²) in [7, 11) is 0. The van der Waals surface area contributed by atoms with Crippen molar-refractivity contribution in [1.82, 2.24) is 0 Å². The predicted molar refractivity (Wildman–Crippen MR) is 131 cm³/mol. The molecule has 3 rings (SSSR count). The van der Waals surface area contributed by atoms with Crippen molar-refractivity contribution in [2.45, 2.75) is 33.1 Å². The van der Waals surface area contributed by atoms with Gasteiger partial charge >= 0.3 is 0 Å². The molecule has 28 heavy (non-hydrogen) atoms. The lowest BCUT2D eigenvalue weighted by Crippen LogP contribution is -2.27. The monoisotopic (exact) mass is 485 g/mol. The van der Waals surface area contributed by atoms with Crippen molar-refractivity contribution >= 4 is 51.5 Å². The van der Waals surface area contributed by atoms with E-state index in [1.165, 1.54) is 45.0 Å². The molecule has 0 fully saturated rings. The molecule has 3 heteroatoms. The number of pyridine rings is 1. The number of aryl methyl sites for hydroxylation is 1. The summed E-state index contributed by atoms with van der Waals surface area (Å²) < 4.78 is 3.48. The van der Waals surface area contributed by atoms with Crippen LogP contribution in [-0.4, -0.2) is 17.5 Å². The second kappa shape index (κ2) is 10.6. The first-order valence-electron chi connectivity index (χ1n) is 10.3. The van der Waals surface area contributed by atoms with Gasteiger partial charge in [-0.2, -0.15) is 4.57 Å². The molecule has 2 aromatic carbocycles. The molecule has 0 saturated heterocycles. The van der Waals surface area contributed by atoms with Crippen LogP contribution in [-0.2, 0) is 6.42 Å². The molecule has 0 saturated carbocycles. The fraction of sp³-hybridized carbons (Fsp3) is 0.320. The molecule has 0 bridgehead atoms. The highest BCUT2D eigenvalue weighted by atomic mass is 127. The van der Waals surface area contributed by atoms with E-state index < -0.39 is 0 Å². The third-order valence-electron chi connectivity index (χ3n) is 5.25. The topological polar surface area (TPSA) is 7.12 Å². The van der Waals surface area contributed by atoms with Gasteiger partial charge < -0.3 is 4.90 Å². The van der Waals surface area contributed by atoms with Gasteiger partial charge in [-0.25, -0.2) is 0 Å². The Labute approximate surface area is 183 Å². The van der Waals surface area contributed by atoms with Crippen LogP contribution >= 0.6 is 22.6 Å². The molecule has 0 aliphatic heterocycles. The second-order valence-corrected chi connectivity index (χ2v) is 8.04. The molecule has 0 aliphatic rings. The largest absolute Gasteiger partial charge is 0.372 e. The average Bonchev–Trinajstić information content (AvgIpc) is 2.75.